The molecule has 0 atom stereocenters. The second-order valence-electron chi connectivity index (χ2n) is 4.07. The molecule has 4 nitrogen and oxygen atoms in total. The first kappa shape index (κ1) is 14.6. The van der Waals surface area contributed by atoms with Crippen molar-refractivity contribution < 1.29 is 14.3 Å². The number of aryl methyl sites for hydroxylation is 1. The lowest BCUT2D eigenvalue weighted by Crippen LogP contribution is -2.20. The van der Waals surface area contributed by atoms with Crippen molar-refractivity contribution in [1.82, 2.24) is 0 Å². The van der Waals surface area contributed by atoms with Crippen LogP contribution in [0.1, 0.15) is 15.2 Å². The Bertz CT molecular complexity index is 639. The van der Waals surface area contributed by atoms with Crippen LogP contribution in [0.3, 0.4) is 0 Å². The first-order chi connectivity index (χ1) is 9.56. The first-order valence-corrected chi connectivity index (χ1v) is 7.08. The fourth-order valence-corrected chi connectivity index (χ4v) is 2.55. The van der Waals surface area contributed by atoms with Crippen molar-refractivity contribution in [3.8, 4) is 0 Å². The van der Waals surface area contributed by atoms with E-state index >= 15 is 0 Å². The molecular formula is C14H12ClNO3S. The van der Waals surface area contributed by atoms with Crippen molar-refractivity contribution in [1.29, 1.82) is 0 Å². The maximum Gasteiger partial charge on any atom is 0.349 e. The Balaban J connectivity index is 1.87. The third-order valence-electron chi connectivity index (χ3n) is 2.49. The summed E-state index contributed by atoms with van der Waals surface area (Å²) in [4.78, 5) is 23.9. The number of halogens is 1. The molecule has 0 radical (unpaired) electrons. The number of nitrogens with one attached hydrogen (secondary N) is 1. The highest BCUT2D eigenvalue weighted by atomic mass is 35.5. The number of carbonyl (C=O) groups excluding carboxylic acids is 2. The van der Waals surface area contributed by atoms with E-state index in [-0.39, 0.29) is 6.61 Å². The monoisotopic (exact) mass is 309 g/mol. The summed E-state index contributed by atoms with van der Waals surface area (Å²) in [6, 6.07) is 8.57. The van der Waals surface area contributed by atoms with Gasteiger partial charge in [-0.3, -0.25) is 4.79 Å². The Labute approximate surface area is 125 Å². The Morgan fingerprint density at radius 2 is 2.15 bits per heavy atom. The fraction of sp³-hybridized carbons (Fsp3) is 0.143. The molecule has 0 aliphatic carbocycles. The number of benzene rings is 1. The standard InChI is InChI=1S/C14H12ClNO3S/c1-9-5-6-20-13(9)14(18)19-8-12(17)16-11-4-2-3-10(15)7-11/h2-7H,8H2,1H3,(H,16,17). The van der Waals surface area contributed by atoms with Gasteiger partial charge in [-0.25, -0.2) is 4.79 Å². The molecule has 0 aliphatic rings. The van der Waals surface area contributed by atoms with Crippen LogP contribution < -0.4 is 5.32 Å². The first-order valence-electron chi connectivity index (χ1n) is 5.83. The molecule has 1 aromatic heterocycles. The van der Waals surface area contributed by atoms with Gasteiger partial charge in [-0.2, -0.15) is 0 Å². The van der Waals surface area contributed by atoms with Gasteiger partial charge in [-0.05, 0) is 42.1 Å². The molecule has 1 heterocycles. The molecule has 6 heteroatoms. The largest absolute Gasteiger partial charge is 0.451 e. The van der Waals surface area contributed by atoms with Gasteiger partial charge in [-0.15, -0.1) is 11.3 Å². The minimum absolute atomic E-state index is 0.331. The highest BCUT2D eigenvalue weighted by Gasteiger charge is 2.13. The van der Waals surface area contributed by atoms with Crippen molar-refractivity contribution in [2.24, 2.45) is 0 Å². The van der Waals surface area contributed by atoms with E-state index < -0.39 is 11.9 Å². The molecule has 104 valence electrons. The predicted octanol–water partition coefficient (Wildman–Crippen LogP) is 3.51. The van der Waals surface area contributed by atoms with Crippen molar-refractivity contribution >= 4 is 40.5 Å². The van der Waals surface area contributed by atoms with Crippen LogP contribution in [0.5, 0.6) is 0 Å². The van der Waals surface area contributed by atoms with Gasteiger partial charge in [-0.1, -0.05) is 17.7 Å². The summed E-state index contributed by atoms with van der Waals surface area (Å²) in [7, 11) is 0. The lowest BCUT2D eigenvalue weighted by molar-refractivity contribution is -0.119. The molecule has 0 spiro atoms. The Morgan fingerprint density at radius 1 is 1.35 bits per heavy atom. The zero-order valence-corrected chi connectivity index (χ0v) is 12.3. The van der Waals surface area contributed by atoms with E-state index in [0.717, 1.165) is 5.56 Å². The van der Waals surface area contributed by atoms with E-state index in [1.165, 1.54) is 11.3 Å². The summed E-state index contributed by atoms with van der Waals surface area (Å²) in [5.74, 6) is -0.895. The molecule has 0 aliphatic heterocycles. The zero-order valence-electron chi connectivity index (χ0n) is 10.7. The van der Waals surface area contributed by atoms with Gasteiger partial charge in [0.1, 0.15) is 4.88 Å². The molecule has 0 fully saturated rings. The van der Waals surface area contributed by atoms with Crippen LogP contribution in [0.2, 0.25) is 5.02 Å². The van der Waals surface area contributed by atoms with Crippen molar-refractivity contribution in [2.75, 3.05) is 11.9 Å². The van der Waals surface area contributed by atoms with Crippen molar-refractivity contribution in [3.05, 3.63) is 51.2 Å². The number of ether oxygens (including phenoxy) is 1. The highest BCUT2D eigenvalue weighted by molar-refractivity contribution is 7.12. The number of thiophene rings is 1. The molecule has 0 bridgehead atoms. The lowest BCUT2D eigenvalue weighted by atomic mass is 10.3. The van der Waals surface area contributed by atoms with E-state index in [2.05, 4.69) is 5.32 Å². The van der Waals surface area contributed by atoms with Gasteiger partial charge in [0, 0.05) is 10.7 Å². The fourth-order valence-electron chi connectivity index (χ4n) is 1.54. The number of carbonyl (C=O) groups is 2. The molecule has 0 saturated carbocycles. The Morgan fingerprint density at radius 3 is 2.80 bits per heavy atom. The maximum atomic E-state index is 11.7. The lowest BCUT2D eigenvalue weighted by Gasteiger charge is -2.06. The van der Waals surface area contributed by atoms with Gasteiger partial charge in [0.15, 0.2) is 6.61 Å². The molecule has 1 amide bonds. The van der Waals surface area contributed by atoms with Crippen LogP contribution in [0, 0.1) is 6.92 Å². The summed E-state index contributed by atoms with van der Waals surface area (Å²) in [6.07, 6.45) is 0. The van der Waals surface area contributed by atoms with Crippen LogP contribution in [-0.4, -0.2) is 18.5 Å². The molecule has 2 rings (SSSR count). The second-order valence-corrected chi connectivity index (χ2v) is 5.42. The van der Waals surface area contributed by atoms with Gasteiger partial charge in [0.05, 0.1) is 0 Å². The van der Waals surface area contributed by atoms with Crippen LogP contribution in [0.25, 0.3) is 0 Å². The van der Waals surface area contributed by atoms with Crippen LogP contribution >= 0.6 is 22.9 Å². The molecular weight excluding hydrogens is 298 g/mol. The zero-order chi connectivity index (χ0) is 14.5. The number of hydrogen-bond acceptors (Lipinski definition) is 4. The van der Waals surface area contributed by atoms with Crippen LogP contribution in [0.4, 0.5) is 5.69 Å². The number of rotatable bonds is 4. The van der Waals surface area contributed by atoms with Crippen LogP contribution in [-0.2, 0) is 9.53 Å². The summed E-state index contributed by atoms with van der Waals surface area (Å²) < 4.78 is 4.96. The van der Waals surface area contributed by atoms with E-state index in [1.807, 2.05) is 13.0 Å². The van der Waals surface area contributed by atoms with E-state index in [9.17, 15) is 9.59 Å². The molecule has 1 N–H and O–H groups in total. The number of hydrogen-bond donors (Lipinski definition) is 1. The quantitative estimate of drug-likeness (QED) is 0.879. The Kier molecular flexibility index (Phi) is 4.76. The predicted molar refractivity (Wildman–Crippen MR) is 79.4 cm³/mol. The molecule has 0 saturated heterocycles. The molecule has 1 aromatic carbocycles. The van der Waals surface area contributed by atoms with Crippen LogP contribution in [0.15, 0.2) is 35.7 Å². The molecule has 0 unspecified atom stereocenters. The van der Waals surface area contributed by atoms with Crippen molar-refractivity contribution in [3.63, 3.8) is 0 Å². The SMILES string of the molecule is Cc1ccsc1C(=O)OCC(=O)Nc1cccc(Cl)c1. The minimum Gasteiger partial charge on any atom is -0.451 e. The number of anilines is 1. The maximum absolute atomic E-state index is 11.7. The summed E-state index contributed by atoms with van der Waals surface area (Å²) in [5, 5.41) is 4.93. The van der Waals surface area contributed by atoms with E-state index in [1.54, 1.807) is 29.6 Å². The minimum atomic E-state index is -0.487. The number of esters is 1. The van der Waals surface area contributed by atoms with Crippen molar-refractivity contribution in [2.45, 2.75) is 6.92 Å². The normalized spacial score (nSPS) is 10.1. The van der Waals surface area contributed by atoms with Gasteiger partial charge >= 0.3 is 5.97 Å². The topological polar surface area (TPSA) is 55.4 Å². The van der Waals surface area contributed by atoms with Gasteiger partial charge < -0.3 is 10.1 Å². The van der Waals surface area contributed by atoms with Gasteiger partial charge in [0.2, 0.25) is 0 Å². The third kappa shape index (κ3) is 3.82. The second kappa shape index (κ2) is 6.54. The van der Waals surface area contributed by atoms with E-state index in [4.69, 9.17) is 16.3 Å². The summed E-state index contributed by atoms with van der Waals surface area (Å²) in [6.45, 7) is 1.49. The average molecular weight is 310 g/mol. The molecule has 2 aromatic rings. The summed E-state index contributed by atoms with van der Waals surface area (Å²) >= 11 is 7.10. The van der Waals surface area contributed by atoms with Gasteiger partial charge in [0.25, 0.3) is 5.91 Å². The number of amides is 1. The highest BCUT2D eigenvalue weighted by Crippen LogP contribution is 2.17. The average Bonchev–Trinajstić information content (AvgIpc) is 2.82. The smallest absolute Gasteiger partial charge is 0.349 e. The third-order valence-corrected chi connectivity index (χ3v) is 3.72. The molecule has 20 heavy (non-hydrogen) atoms. The Hall–Kier alpha value is -1.85. The summed E-state index contributed by atoms with van der Waals surface area (Å²) in [5.41, 5.74) is 1.40. The van der Waals surface area contributed by atoms with E-state index in [0.29, 0.717) is 15.6 Å².